The summed E-state index contributed by atoms with van der Waals surface area (Å²) < 4.78 is 2.00. The average Bonchev–Trinajstić information content (AvgIpc) is 2.81. The van der Waals surface area contributed by atoms with Crippen LogP contribution in [0.15, 0.2) is 42.6 Å². The fourth-order valence-corrected chi connectivity index (χ4v) is 2.99. The van der Waals surface area contributed by atoms with Crippen molar-refractivity contribution in [3.05, 3.63) is 63.8 Å². The van der Waals surface area contributed by atoms with Crippen LogP contribution >= 0.6 is 23.2 Å². The lowest BCUT2D eigenvalue weighted by atomic mass is 10.1. The molecule has 0 aliphatic carbocycles. The summed E-state index contributed by atoms with van der Waals surface area (Å²) in [7, 11) is 0. The molecule has 0 saturated carbocycles. The summed E-state index contributed by atoms with van der Waals surface area (Å²) in [4.78, 5) is 0. The number of hydrogen-bond acceptors (Lipinski definition) is 1. The van der Waals surface area contributed by atoms with Crippen LogP contribution < -0.4 is 0 Å². The topological polar surface area (TPSA) is 17.8 Å². The molecule has 0 fully saturated rings. The van der Waals surface area contributed by atoms with Gasteiger partial charge in [-0.05, 0) is 43.2 Å². The Morgan fingerprint density at radius 1 is 1.10 bits per heavy atom. The molecule has 3 aromatic rings. The largest absolute Gasteiger partial charge is 0.258 e. The van der Waals surface area contributed by atoms with Crippen molar-refractivity contribution in [1.82, 2.24) is 9.78 Å². The van der Waals surface area contributed by atoms with Gasteiger partial charge in [0.05, 0.1) is 17.8 Å². The molecule has 0 saturated heterocycles. The molecule has 0 N–H and O–H groups in total. The van der Waals surface area contributed by atoms with E-state index in [0.717, 1.165) is 16.5 Å². The van der Waals surface area contributed by atoms with Crippen molar-refractivity contribution in [1.29, 1.82) is 0 Å². The van der Waals surface area contributed by atoms with Crippen LogP contribution in [0.25, 0.3) is 10.9 Å². The number of rotatable bonds is 2. The fraction of sp³-hybridized carbons (Fsp3) is 0.188. The molecule has 2 nitrogen and oxygen atoms in total. The van der Waals surface area contributed by atoms with E-state index in [1.54, 1.807) is 6.07 Å². The molecule has 0 spiro atoms. The second kappa shape index (κ2) is 5.12. The molecule has 1 atom stereocenters. The summed E-state index contributed by atoms with van der Waals surface area (Å²) in [6.45, 7) is 4.17. The van der Waals surface area contributed by atoms with Crippen LogP contribution in [0, 0.1) is 6.92 Å². The molecule has 0 radical (unpaired) electrons. The van der Waals surface area contributed by atoms with Gasteiger partial charge in [0.25, 0.3) is 0 Å². The van der Waals surface area contributed by atoms with Gasteiger partial charge in [0.15, 0.2) is 0 Å². The third-order valence-corrected chi connectivity index (χ3v) is 4.10. The molecular weight excluding hydrogens is 291 g/mol. The van der Waals surface area contributed by atoms with Gasteiger partial charge in [0.1, 0.15) is 0 Å². The molecule has 20 heavy (non-hydrogen) atoms. The number of nitrogens with zero attached hydrogens (tertiary/aromatic N) is 2. The van der Waals surface area contributed by atoms with E-state index in [1.165, 1.54) is 5.56 Å². The first-order chi connectivity index (χ1) is 9.56. The van der Waals surface area contributed by atoms with Crippen molar-refractivity contribution >= 4 is 34.1 Å². The van der Waals surface area contributed by atoms with Gasteiger partial charge in [-0.3, -0.25) is 4.68 Å². The summed E-state index contributed by atoms with van der Waals surface area (Å²) in [5.74, 6) is 0. The standard InChI is InChI=1S/C16H14Cl2N2/c1-10-3-4-12-9-19-20(16(12)7-10)11(2)14-6-5-13(17)8-15(14)18/h3-9,11H,1-2H3. The Hall–Kier alpha value is -1.51. The molecule has 0 aliphatic rings. The zero-order valence-corrected chi connectivity index (χ0v) is 12.8. The predicted molar refractivity (Wildman–Crippen MR) is 84.7 cm³/mol. The zero-order chi connectivity index (χ0) is 14.3. The van der Waals surface area contributed by atoms with Gasteiger partial charge in [-0.25, -0.2) is 0 Å². The second-order valence-electron chi connectivity index (χ2n) is 4.99. The van der Waals surface area contributed by atoms with E-state index in [1.807, 2.05) is 23.0 Å². The lowest BCUT2D eigenvalue weighted by molar-refractivity contribution is 0.584. The van der Waals surface area contributed by atoms with E-state index in [2.05, 4.69) is 37.1 Å². The van der Waals surface area contributed by atoms with Crippen LogP contribution in [-0.4, -0.2) is 9.78 Å². The third-order valence-electron chi connectivity index (χ3n) is 3.53. The van der Waals surface area contributed by atoms with Crippen LogP contribution in [0.5, 0.6) is 0 Å². The third kappa shape index (κ3) is 2.30. The highest BCUT2D eigenvalue weighted by molar-refractivity contribution is 6.35. The van der Waals surface area contributed by atoms with Crippen LogP contribution in [0.3, 0.4) is 0 Å². The Labute approximate surface area is 127 Å². The first kappa shape index (κ1) is 13.5. The summed E-state index contributed by atoms with van der Waals surface area (Å²) >= 11 is 12.3. The maximum absolute atomic E-state index is 6.30. The van der Waals surface area contributed by atoms with Gasteiger partial charge < -0.3 is 0 Å². The molecule has 3 rings (SSSR count). The van der Waals surface area contributed by atoms with E-state index < -0.39 is 0 Å². The van der Waals surface area contributed by atoms with E-state index in [4.69, 9.17) is 23.2 Å². The number of hydrogen-bond donors (Lipinski definition) is 0. The van der Waals surface area contributed by atoms with Crippen molar-refractivity contribution < 1.29 is 0 Å². The molecule has 1 heterocycles. The average molecular weight is 305 g/mol. The fourth-order valence-electron chi connectivity index (χ4n) is 2.43. The van der Waals surface area contributed by atoms with E-state index in [-0.39, 0.29) is 6.04 Å². The number of aryl methyl sites for hydroxylation is 1. The van der Waals surface area contributed by atoms with Gasteiger partial charge in [-0.2, -0.15) is 5.10 Å². The minimum Gasteiger partial charge on any atom is -0.258 e. The molecule has 102 valence electrons. The van der Waals surface area contributed by atoms with Crippen LogP contribution in [-0.2, 0) is 0 Å². The maximum Gasteiger partial charge on any atom is 0.0761 e. The first-order valence-corrected chi connectivity index (χ1v) is 7.20. The Morgan fingerprint density at radius 2 is 1.90 bits per heavy atom. The molecule has 0 bridgehead atoms. The van der Waals surface area contributed by atoms with Crippen molar-refractivity contribution in [3.63, 3.8) is 0 Å². The summed E-state index contributed by atoms with van der Waals surface area (Å²) in [6.07, 6.45) is 1.88. The lowest BCUT2D eigenvalue weighted by Gasteiger charge is -2.16. The minimum atomic E-state index is 0.0547. The van der Waals surface area contributed by atoms with Gasteiger partial charge in [0, 0.05) is 15.4 Å². The highest BCUT2D eigenvalue weighted by atomic mass is 35.5. The summed E-state index contributed by atoms with van der Waals surface area (Å²) in [5.41, 5.74) is 3.35. The SMILES string of the molecule is Cc1ccc2cnn(C(C)c3ccc(Cl)cc3Cl)c2c1. The smallest absolute Gasteiger partial charge is 0.0761 e. The lowest BCUT2D eigenvalue weighted by Crippen LogP contribution is -2.08. The van der Waals surface area contributed by atoms with E-state index >= 15 is 0 Å². The molecule has 0 amide bonds. The monoisotopic (exact) mass is 304 g/mol. The second-order valence-corrected chi connectivity index (χ2v) is 5.84. The van der Waals surface area contributed by atoms with E-state index in [9.17, 15) is 0 Å². The summed E-state index contributed by atoms with van der Waals surface area (Å²) in [6, 6.07) is 12.0. The van der Waals surface area contributed by atoms with Gasteiger partial charge in [-0.1, -0.05) is 41.4 Å². The zero-order valence-electron chi connectivity index (χ0n) is 11.3. The van der Waals surface area contributed by atoms with Crippen LogP contribution in [0.2, 0.25) is 10.0 Å². The molecule has 1 unspecified atom stereocenters. The maximum atomic E-state index is 6.30. The molecule has 0 aliphatic heterocycles. The Balaban J connectivity index is 2.12. The van der Waals surface area contributed by atoms with Crippen LogP contribution in [0.1, 0.15) is 24.1 Å². The molecule has 1 aromatic heterocycles. The Morgan fingerprint density at radius 3 is 2.65 bits per heavy atom. The quantitative estimate of drug-likeness (QED) is 0.631. The molecule has 4 heteroatoms. The minimum absolute atomic E-state index is 0.0547. The number of fused-ring (bicyclic) bond motifs is 1. The molecule has 2 aromatic carbocycles. The normalized spacial score (nSPS) is 12.8. The van der Waals surface area contributed by atoms with Crippen molar-refractivity contribution in [3.8, 4) is 0 Å². The van der Waals surface area contributed by atoms with Crippen molar-refractivity contribution in [2.24, 2.45) is 0 Å². The number of benzene rings is 2. The predicted octanol–water partition coefficient (Wildman–Crippen LogP) is 5.26. The van der Waals surface area contributed by atoms with Gasteiger partial charge >= 0.3 is 0 Å². The van der Waals surface area contributed by atoms with Crippen LogP contribution in [0.4, 0.5) is 0 Å². The van der Waals surface area contributed by atoms with E-state index in [0.29, 0.717) is 10.0 Å². The van der Waals surface area contributed by atoms with Crippen molar-refractivity contribution in [2.75, 3.05) is 0 Å². The Bertz CT molecular complexity index is 777. The highest BCUT2D eigenvalue weighted by Crippen LogP contribution is 2.30. The molecular formula is C16H14Cl2N2. The van der Waals surface area contributed by atoms with Crippen molar-refractivity contribution in [2.45, 2.75) is 19.9 Å². The first-order valence-electron chi connectivity index (χ1n) is 6.45. The summed E-state index contributed by atoms with van der Waals surface area (Å²) in [5, 5.41) is 6.95. The highest BCUT2D eigenvalue weighted by Gasteiger charge is 2.15. The van der Waals surface area contributed by atoms with Gasteiger partial charge in [-0.15, -0.1) is 0 Å². The number of halogens is 2. The number of aromatic nitrogens is 2. The Kier molecular flexibility index (Phi) is 3.45. The van der Waals surface area contributed by atoms with Gasteiger partial charge in [0.2, 0.25) is 0 Å².